The van der Waals surface area contributed by atoms with Gasteiger partial charge < -0.3 is 5.32 Å². The average molecular weight is 423 g/mol. The van der Waals surface area contributed by atoms with Crippen LogP contribution in [-0.4, -0.2) is 9.97 Å². The molecule has 2 aromatic carbocycles. The fourth-order valence-corrected chi connectivity index (χ4v) is 3.34. The highest BCUT2D eigenvalue weighted by Crippen LogP contribution is 2.37. The Labute approximate surface area is 176 Å². The largest absolute Gasteiger partial charge is 0.417 e. The minimum absolute atomic E-state index is 0.0530. The molecule has 1 aromatic heterocycles. The number of alkyl halides is 3. The van der Waals surface area contributed by atoms with Crippen molar-refractivity contribution in [2.24, 2.45) is 0 Å². The number of allylic oxidation sites excluding steroid dienone is 2. The van der Waals surface area contributed by atoms with E-state index in [4.69, 9.17) is 0 Å². The van der Waals surface area contributed by atoms with Crippen LogP contribution >= 0.6 is 0 Å². The summed E-state index contributed by atoms with van der Waals surface area (Å²) in [6, 6.07) is 9.48. The van der Waals surface area contributed by atoms with Gasteiger partial charge in [-0.25, -0.2) is 14.4 Å². The Balaban J connectivity index is 1.83. The third kappa shape index (κ3) is 3.88. The second-order valence-corrected chi connectivity index (χ2v) is 7.15. The van der Waals surface area contributed by atoms with Crippen LogP contribution in [0.4, 0.5) is 23.4 Å². The minimum Gasteiger partial charge on any atom is -0.333 e. The van der Waals surface area contributed by atoms with E-state index in [1.165, 1.54) is 30.3 Å². The van der Waals surface area contributed by atoms with Crippen LogP contribution in [0, 0.1) is 19.7 Å². The van der Waals surface area contributed by atoms with Crippen LogP contribution in [0.25, 0.3) is 22.7 Å². The first-order valence-electron chi connectivity index (χ1n) is 9.40. The van der Waals surface area contributed by atoms with Crippen LogP contribution in [-0.2, 0) is 6.18 Å². The van der Waals surface area contributed by atoms with Gasteiger partial charge in [-0.05, 0) is 49.3 Å². The molecule has 0 fully saturated rings. The van der Waals surface area contributed by atoms with Gasteiger partial charge in [0.25, 0.3) is 0 Å². The van der Waals surface area contributed by atoms with Gasteiger partial charge >= 0.3 is 6.18 Å². The number of anilines is 1. The Bertz CT molecular complexity index is 1280. The highest BCUT2D eigenvalue weighted by atomic mass is 19.4. The maximum Gasteiger partial charge on any atom is 0.417 e. The average Bonchev–Trinajstić information content (AvgIpc) is 2.72. The summed E-state index contributed by atoms with van der Waals surface area (Å²) in [7, 11) is 0. The van der Waals surface area contributed by atoms with Gasteiger partial charge in [0.2, 0.25) is 0 Å². The Morgan fingerprint density at radius 2 is 1.71 bits per heavy atom. The summed E-state index contributed by atoms with van der Waals surface area (Å²) in [5, 5.41) is 3.10. The predicted octanol–water partition coefficient (Wildman–Crippen LogP) is 6.55. The minimum atomic E-state index is -4.54. The predicted molar refractivity (Wildman–Crippen MR) is 112 cm³/mol. The molecule has 0 unspecified atom stereocenters. The lowest BCUT2D eigenvalue weighted by Crippen LogP contribution is -2.11. The SMILES string of the molecule is C=C1C=C=C(Nc2nc(-c3ccccc3C(F)(F)F)nc(C)c2C)c2cc(F)ccc21. The smallest absolute Gasteiger partial charge is 0.333 e. The number of benzene rings is 2. The topological polar surface area (TPSA) is 37.8 Å². The molecule has 1 aliphatic carbocycles. The van der Waals surface area contributed by atoms with Gasteiger partial charge in [0.15, 0.2) is 5.82 Å². The molecule has 31 heavy (non-hydrogen) atoms. The molecule has 156 valence electrons. The van der Waals surface area contributed by atoms with Crippen molar-refractivity contribution < 1.29 is 17.6 Å². The number of aromatic nitrogens is 2. The van der Waals surface area contributed by atoms with Crippen molar-refractivity contribution in [3.05, 3.63) is 94.6 Å². The number of aryl methyl sites for hydroxylation is 1. The molecule has 0 saturated carbocycles. The van der Waals surface area contributed by atoms with Gasteiger partial charge in [0.1, 0.15) is 11.6 Å². The molecule has 3 nitrogen and oxygen atoms in total. The van der Waals surface area contributed by atoms with Gasteiger partial charge in [-0.2, -0.15) is 13.2 Å². The molecule has 0 spiro atoms. The Hall–Kier alpha value is -3.70. The molecule has 0 aliphatic heterocycles. The van der Waals surface area contributed by atoms with E-state index in [0.717, 1.165) is 11.6 Å². The Morgan fingerprint density at radius 3 is 2.45 bits per heavy atom. The van der Waals surface area contributed by atoms with Crippen LogP contribution in [0.1, 0.15) is 27.9 Å². The van der Waals surface area contributed by atoms with Gasteiger partial charge in [0.05, 0.1) is 11.3 Å². The van der Waals surface area contributed by atoms with Crippen LogP contribution in [0.15, 0.2) is 60.9 Å². The third-order valence-electron chi connectivity index (χ3n) is 5.09. The molecule has 0 amide bonds. The number of nitrogens with one attached hydrogen (secondary N) is 1. The molecule has 0 bridgehead atoms. The van der Waals surface area contributed by atoms with Crippen LogP contribution in [0.5, 0.6) is 0 Å². The van der Waals surface area contributed by atoms with Crippen molar-refractivity contribution in [2.45, 2.75) is 20.0 Å². The Kier molecular flexibility index (Phi) is 4.99. The first-order chi connectivity index (χ1) is 14.6. The zero-order valence-corrected chi connectivity index (χ0v) is 16.7. The number of halogens is 4. The molecule has 1 aliphatic rings. The van der Waals surface area contributed by atoms with Gasteiger partial charge in [0, 0.05) is 22.4 Å². The normalized spacial score (nSPS) is 13.1. The first kappa shape index (κ1) is 20.6. The van der Waals surface area contributed by atoms with E-state index in [9.17, 15) is 17.6 Å². The summed E-state index contributed by atoms with van der Waals surface area (Å²) in [5.41, 5.74) is 5.66. The first-order valence-corrected chi connectivity index (χ1v) is 9.40. The van der Waals surface area contributed by atoms with E-state index in [-0.39, 0.29) is 11.4 Å². The quantitative estimate of drug-likeness (QED) is 0.383. The lowest BCUT2D eigenvalue weighted by molar-refractivity contribution is -0.137. The van der Waals surface area contributed by atoms with Crippen molar-refractivity contribution in [1.82, 2.24) is 9.97 Å². The van der Waals surface area contributed by atoms with Gasteiger partial charge in [-0.1, -0.05) is 36.6 Å². The fourth-order valence-electron chi connectivity index (χ4n) is 3.34. The van der Waals surface area contributed by atoms with Crippen molar-refractivity contribution in [1.29, 1.82) is 0 Å². The molecule has 7 heteroatoms. The summed E-state index contributed by atoms with van der Waals surface area (Å²) < 4.78 is 54.4. The molecule has 4 rings (SSSR count). The standard InChI is InChI=1S/C24H17F4N3/c1-13-8-11-21(19-12-16(25)9-10-17(13)19)30-22-14(2)15(3)29-23(31-22)18-6-4-5-7-20(18)24(26,27)28/h4-10,12H,1H2,2-3H3,(H,29,30,31). The van der Waals surface area contributed by atoms with Crippen molar-refractivity contribution in [2.75, 3.05) is 5.32 Å². The zero-order chi connectivity index (χ0) is 22.3. The molecule has 0 saturated heterocycles. The number of hydrogen-bond donors (Lipinski definition) is 1. The number of fused-ring (bicyclic) bond motifs is 1. The second-order valence-electron chi connectivity index (χ2n) is 7.15. The molecular weight excluding hydrogens is 406 g/mol. The second kappa shape index (κ2) is 7.52. The maximum atomic E-state index is 13.9. The molecular formula is C24H17F4N3. The van der Waals surface area contributed by atoms with E-state index in [1.54, 1.807) is 26.0 Å². The monoisotopic (exact) mass is 423 g/mol. The van der Waals surface area contributed by atoms with Crippen molar-refractivity contribution >= 4 is 17.1 Å². The van der Waals surface area contributed by atoms with E-state index in [1.807, 2.05) is 0 Å². The van der Waals surface area contributed by atoms with Crippen molar-refractivity contribution in [3.8, 4) is 11.4 Å². The highest BCUT2D eigenvalue weighted by molar-refractivity contribution is 5.90. The number of hydrogen-bond acceptors (Lipinski definition) is 3. The fraction of sp³-hybridized carbons (Fsp3) is 0.125. The summed E-state index contributed by atoms with van der Waals surface area (Å²) in [4.78, 5) is 8.65. The Morgan fingerprint density at radius 1 is 0.968 bits per heavy atom. The number of nitrogens with zero attached hydrogens (tertiary/aromatic N) is 2. The van der Waals surface area contributed by atoms with Crippen LogP contribution in [0.2, 0.25) is 0 Å². The summed E-state index contributed by atoms with van der Waals surface area (Å²) >= 11 is 0. The van der Waals surface area contributed by atoms with E-state index in [2.05, 4.69) is 27.6 Å². The summed E-state index contributed by atoms with van der Waals surface area (Å²) in [5.74, 6) is -0.161. The third-order valence-corrected chi connectivity index (χ3v) is 5.09. The molecule has 0 atom stereocenters. The van der Waals surface area contributed by atoms with E-state index < -0.39 is 17.6 Å². The summed E-state index contributed by atoms with van der Waals surface area (Å²) in [6.45, 7) is 7.39. The molecule has 3 aromatic rings. The lowest BCUT2D eigenvalue weighted by Gasteiger charge is -2.19. The highest BCUT2D eigenvalue weighted by Gasteiger charge is 2.34. The lowest BCUT2D eigenvalue weighted by atomic mass is 9.95. The van der Waals surface area contributed by atoms with Crippen LogP contribution in [0.3, 0.4) is 0 Å². The van der Waals surface area contributed by atoms with Gasteiger partial charge in [-0.15, -0.1) is 0 Å². The van der Waals surface area contributed by atoms with Gasteiger partial charge in [-0.3, -0.25) is 0 Å². The van der Waals surface area contributed by atoms with E-state index in [0.29, 0.717) is 33.9 Å². The van der Waals surface area contributed by atoms with Crippen molar-refractivity contribution in [3.63, 3.8) is 0 Å². The van der Waals surface area contributed by atoms with Crippen LogP contribution < -0.4 is 5.32 Å². The molecule has 1 N–H and O–H groups in total. The molecule has 0 radical (unpaired) electrons. The number of rotatable bonds is 3. The molecule has 1 heterocycles. The maximum absolute atomic E-state index is 13.9. The summed E-state index contributed by atoms with van der Waals surface area (Å²) in [6.07, 6.45) is -2.89. The zero-order valence-electron chi connectivity index (χ0n) is 16.7. The van der Waals surface area contributed by atoms with E-state index >= 15 is 0 Å².